The zero-order valence-electron chi connectivity index (χ0n) is 46.8. The summed E-state index contributed by atoms with van der Waals surface area (Å²) in [6.45, 7) is 1.79. The Morgan fingerprint density at radius 2 is 0.750 bits per heavy atom. The number of nitrogens with one attached hydrogen (secondary N) is 1. The highest BCUT2D eigenvalue weighted by molar-refractivity contribution is 5.76. The van der Waals surface area contributed by atoms with Crippen LogP contribution in [0.2, 0.25) is 0 Å². The average Bonchev–Trinajstić information content (AvgIpc) is 3.42. The Bertz CT molecular complexity index is 1400. The van der Waals surface area contributed by atoms with E-state index in [1.165, 1.54) is 148 Å². The fraction of sp³-hybridized carbons (Fsp3) is 0.982. The van der Waals surface area contributed by atoms with Crippen LogP contribution < -0.4 is 5.32 Å². The molecule has 450 valence electrons. The zero-order chi connectivity index (χ0) is 55.5. The summed E-state index contributed by atoms with van der Waals surface area (Å²) in [5.74, 6) is -0.242. The van der Waals surface area contributed by atoms with Gasteiger partial charge in [-0.25, -0.2) is 0 Å². The fourth-order valence-electron chi connectivity index (χ4n) is 10.7. The van der Waals surface area contributed by atoms with E-state index >= 15 is 0 Å². The first-order valence-electron chi connectivity index (χ1n) is 30.3. The molecule has 3 saturated heterocycles. The molecule has 17 atom stereocenters. The second-order valence-corrected chi connectivity index (χ2v) is 22.2. The van der Waals surface area contributed by atoms with E-state index in [4.69, 9.17) is 28.4 Å². The number of rotatable bonds is 45. The summed E-state index contributed by atoms with van der Waals surface area (Å²) in [4.78, 5) is 13.3. The van der Waals surface area contributed by atoms with Crippen molar-refractivity contribution >= 4 is 5.91 Å². The van der Waals surface area contributed by atoms with Gasteiger partial charge < -0.3 is 89.9 Å². The van der Waals surface area contributed by atoms with Crippen molar-refractivity contribution in [2.24, 2.45) is 0 Å². The molecule has 3 rings (SSSR count). The molecule has 19 nitrogen and oxygen atoms in total. The highest BCUT2D eigenvalue weighted by Gasteiger charge is 2.53. The summed E-state index contributed by atoms with van der Waals surface area (Å²) in [7, 11) is 0. The van der Waals surface area contributed by atoms with Crippen LogP contribution in [0.5, 0.6) is 0 Å². The van der Waals surface area contributed by atoms with Gasteiger partial charge in [0.15, 0.2) is 18.9 Å². The van der Waals surface area contributed by atoms with Crippen molar-refractivity contribution in [1.29, 1.82) is 0 Å². The fourth-order valence-corrected chi connectivity index (χ4v) is 10.7. The molecular formula is C57H109NO18. The summed E-state index contributed by atoms with van der Waals surface area (Å²) in [6.07, 6.45) is 11.9. The van der Waals surface area contributed by atoms with Gasteiger partial charge in [0.05, 0.1) is 38.6 Å². The molecule has 0 aliphatic carbocycles. The molecule has 0 aromatic rings. The first-order valence-corrected chi connectivity index (χ1v) is 30.3. The molecule has 3 fully saturated rings. The lowest BCUT2D eigenvalue weighted by atomic mass is 9.96. The molecule has 0 bridgehead atoms. The van der Waals surface area contributed by atoms with E-state index in [0.29, 0.717) is 12.8 Å². The number of hydrogen-bond donors (Lipinski definition) is 12. The molecule has 0 aromatic heterocycles. The Hall–Kier alpha value is -1.21. The molecule has 76 heavy (non-hydrogen) atoms. The second kappa shape index (κ2) is 41.7. The van der Waals surface area contributed by atoms with Crippen molar-refractivity contribution in [1.82, 2.24) is 5.32 Å². The average molecular weight is 1100 g/mol. The summed E-state index contributed by atoms with van der Waals surface area (Å²) in [5.41, 5.74) is 0. The molecule has 12 N–H and O–H groups in total. The number of ether oxygens (including phenoxy) is 6. The molecule has 19 heteroatoms. The SMILES string of the molecule is CCCCCCCCCCCCCCCCCCCCCCC(O)C(COC1OC(CO)C(OC2OC(CO)C(OC3OC(CO)C(O)C(O)C3O)C(O)C2O)C(O)C1O)NC(=O)CCCCCCCCCCCCC. The predicted molar refractivity (Wildman–Crippen MR) is 287 cm³/mol. The molecule has 0 spiro atoms. The number of carbonyl (C=O) groups excluding carboxylic acids is 1. The van der Waals surface area contributed by atoms with E-state index in [2.05, 4.69) is 19.2 Å². The number of amides is 1. The van der Waals surface area contributed by atoms with Gasteiger partial charge in [-0.1, -0.05) is 206 Å². The highest BCUT2D eigenvalue weighted by Crippen LogP contribution is 2.33. The molecule has 17 unspecified atom stereocenters. The van der Waals surface area contributed by atoms with Crippen LogP contribution in [0, 0.1) is 0 Å². The standard InChI is InChI=1S/C57H109NO18/c1-3-5-7-9-11-13-15-16-17-18-19-20-21-22-23-25-26-28-30-32-34-41(62)40(58-45(63)35-33-31-29-27-24-14-12-10-8-6-4-2)39-71-55-51(69)48(66)53(43(37-60)73-55)76-57-52(70)49(67)54(44(38-61)74-57)75-56-50(68)47(65)46(64)42(36-59)72-56/h40-44,46-57,59-62,64-70H,3-39H2,1-2H3,(H,58,63). The van der Waals surface area contributed by atoms with Crippen molar-refractivity contribution in [3.05, 3.63) is 0 Å². The number of carbonyl (C=O) groups is 1. The molecule has 0 radical (unpaired) electrons. The quantitative estimate of drug-likeness (QED) is 0.0348. The number of hydrogen-bond acceptors (Lipinski definition) is 18. The Morgan fingerprint density at radius 3 is 1.14 bits per heavy atom. The normalized spacial score (nSPS) is 30.9. The number of aliphatic hydroxyl groups is 11. The summed E-state index contributed by atoms with van der Waals surface area (Å²) in [5, 5.41) is 120. The van der Waals surface area contributed by atoms with Crippen molar-refractivity contribution in [3.63, 3.8) is 0 Å². The van der Waals surface area contributed by atoms with Gasteiger partial charge in [-0.2, -0.15) is 0 Å². The van der Waals surface area contributed by atoms with Crippen LogP contribution in [-0.4, -0.2) is 193 Å². The first kappa shape index (κ1) is 69.1. The van der Waals surface area contributed by atoms with Crippen LogP contribution >= 0.6 is 0 Å². The van der Waals surface area contributed by atoms with E-state index < -0.39 is 124 Å². The Balaban J connectivity index is 1.47. The van der Waals surface area contributed by atoms with Crippen LogP contribution in [0.15, 0.2) is 0 Å². The topological polar surface area (TPSA) is 307 Å². The minimum Gasteiger partial charge on any atom is -0.394 e. The summed E-state index contributed by atoms with van der Waals surface area (Å²) < 4.78 is 34.3. The van der Waals surface area contributed by atoms with E-state index in [-0.39, 0.29) is 18.9 Å². The predicted octanol–water partition coefficient (Wildman–Crippen LogP) is 5.21. The molecule has 1 amide bonds. The number of aliphatic hydroxyl groups excluding tert-OH is 11. The Morgan fingerprint density at radius 1 is 0.421 bits per heavy atom. The summed E-state index contributed by atoms with van der Waals surface area (Å²) in [6, 6.07) is -0.879. The molecular weight excluding hydrogens is 987 g/mol. The van der Waals surface area contributed by atoms with Crippen molar-refractivity contribution in [2.45, 2.75) is 330 Å². The molecule has 3 heterocycles. The Kier molecular flexibility index (Phi) is 37.9. The van der Waals surface area contributed by atoms with E-state index in [9.17, 15) is 61.0 Å². The van der Waals surface area contributed by atoms with Gasteiger partial charge in [0, 0.05) is 6.42 Å². The van der Waals surface area contributed by atoms with Crippen LogP contribution in [0.1, 0.15) is 226 Å². The Labute approximate surface area is 455 Å². The maximum absolute atomic E-state index is 13.3. The lowest BCUT2D eigenvalue weighted by Crippen LogP contribution is -2.66. The molecule has 3 aliphatic rings. The lowest BCUT2D eigenvalue weighted by molar-refractivity contribution is -0.379. The van der Waals surface area contributed by atoms with Gasteiger partial charge in [0.25, 0.3) is 0 Å². The van der Waals surface area contributed by atoms with Gasteiger partial charge in [0.1, 0.15) is 73.2 Å². The first-order chi connectivity index (χ1) is 36.8. The second-order valence-electron chi connectivity index (χ2n) is 22.2. The van der Waals surface area contributed by atoms with E-state index in [1.807, 2.05) is 0 Å². The van der Waals surface area contributed by atoms with Crippen LogP contribution in [-0.2, 0) is 33.2 Å². The maximum atomic E-state index is 13.3. The van der Waals surface area contributed by atoms with Crippen LogP contribution in [0.25, 0.3) is 0 Å². The highest BCUT2D eigenvalue weighted by atomic mass is 16.8. The third-order valence-electron chi connectivity index (χ3n) is 15.7. The van der Waals surface area contributed by atoms with Crippen LogP contribution in [0.3, 0.4) is 0 Å². The summed E-state index contributed by atoms with van der Waals surface area (Å²) >= 11 is 0. The van der Waals surface area contributed by atoms with Crippen molar-refractivity contribution in [2.75, 3.05) is 26.4 Å². The number of unbranched alkanes of at least 4 members (excludes halogenated alkanes) is 29. The lowest BCUT2D eigenvalue weighted by Gasteiger charge is -2.48. The zero-order valence-corrected chi connectivity index (χ0v) is 46.8. The smallest absolute Gasteiger partial charge is 0.220 e. The van der Waals surface area contributed by atoms with E-state index in [1.54, 1.807) is 0 Å². The monoisotopic (exact) mass is 1100 g/mol. The maximum Gasteiger partial charge on any atom is 0.220 e. The third kappa shape index (κ3) is 25.7. The largest absolute Gasteiger partial charge is 0.394 e. The van der Waals surface area contributed by atoms with Crippen molar-refractivity contribution < 1.29 is 89.4 Å². The van der Waals surface area contributed by atoms with Crippen LogP contribution in [0.4, 0.5) is 0 Å². The minimum absolute atomic E-state index is 0.242. The van der Waals surface area contributed by atoms with Gasteiger partial charge in [-0.15, -0.1) is 0 Å². The van der Waals surface area contributed by atoms with Crippen molar-refractivity contribution in [3.8, 4) is 0 Å². The van der Waals surface area contributed by atoms with Gasteiger partial charge in [-0.05, 0) is 12.8 Å². The minimum atomic E-state index is -1.97. The molecule has 0 saturated carbocycles. The molecule has 3 aliphatic heterocycles. The van der Waals surface area contributed by atoms with Gasteiger partial charge in [0.2, 0.25) is 5.91 Å². The molecule has 0 aromatic carbocycles. The van der Waals surface area contributed by atoms with Gasteiger partial charge in [-0.3, -0.25) is 4.79 Å². The third-order valence-corrected chi connectivity index (χ3v) is 15.7. The van der Waals surface area contributed by atoms with E-state index in [0.717, 1.165) is 44.9 Å². The van der Waals surface area contributed by atoms with Gasteiger partial charge >= 0.3 is 0 Å².